The molecule has 0 fully saturated rings. The zero-order chi connectivity index (χ0) is 29.6. The lowest BCUT2D eigenvalue weighted by Crippen LogP contribution is -2.59. The van der Waals surface area contributed by atoms with Gasteiger partial charge in [0, 0.05) is 12.8 Å². The number of aliphatic hydroxyl groups is 1. The molecule has 0 spiro atoms. The van der Waals surface area contributed by atoms with Crippen molar-refractivity contribution < 1.29 is 48.9 Å². The van der Waals surface area contributed by atoms with Crippen LogP contribution in [0.1, 0.15) is 52.9 Å². The summed E-state index contributed by atoms with van der Waals surface area (Å²) >= 11 is 0. The number of hydrogen-bond donors (Lipinski definition) is 9. The molecular formula is C22H38N6O10. The molecule has 0 bridgehead atoms. The molecule has 0 rings (SSSR count). The van der Waals surface area contributed by atoms with Crippen LogP contribution >= 0.6 is 0 Å². The highest BCUT2D eigenvalue weighted by Gasteiger charge is 2.31. The number of carbonyl (C=O) groups is 7. The van der Waals surface area contributed by atoms with Crippen molar-refractivity contribution in [1.82, 2.24) is 21.3 Å². The summed E-state index contributed by atoms with van der Waals surface area (Å²) in [6.07, 6.45) is -1.71. The second-order valence-corrected chi connectivity index (χ2v) is 9.11. The van der Waals surface area contributed by atoms with Crippen molar-refractivity contribution in [2.45, 2.75) is 83.1 Å². The summed E-state index contributed by atoms with van der Waals surface area (Å²) in [6, 6.07) is -6.54. The molecule has 16 nitrogen and oxygen atoms in total. The predicted octanol–water partition coefficient (Wildman–Crippen LogP) is -3.47. The Balaban J connectivity index is 5.73. The van der Waals surface area contributed by atoms with E-state index in [0.717, 1.165) is 0 Å². The molecular weight excluding hydrogens is 508 g/mol. The van der Waals surface area contributed by atoms with Crippen molar-refractivity contribution >= 4 is 41.5 Å². The summed E-state index contributed by atoms with van der Waals surface area (Å²) in [7, 11) is 0. The molecule has 11 N–H and O–H groups in total. The molecule has 0 saturated heterocycles. The van der Waals surface area contributed by atoms with Gasteiger partial charge in [0.05, 0.1) is 12.6 Å². The molecule has 0 aliphatic carbocycles. The molecule has 0 aromatic rings. The Hall–Kier alpha value is -3.79. The number of nitrogens with two attached hydrogens (primary N) is 2. The fourth-order valence-corrected chi connectivity index (χ4v) is 3.11. The van der Waals surface area contributed by atoms with Crippen LogP contribution in [0.5, 0.6) is 0 Å². The molecule has 38 heavy (non-hydrogen) atoms. The van der Waals surface area contributed by atoms with E-state index in [2.05, 4.69) is 21.3 Å². The van der Waals surface area contributed by atoms with Crippen LogP contribution in [0.2, 0.25) is 0 Å². The van der Waals surface area contributed by atoms with Gasteiger partial charge in [0.15, 0.2) is 0 Å². The summed E-state index contributed by atoms with van der Waals surface area (Å²) in [4.78, 5) is 83.9. The van der Waals surface area contributed by atoms with Gasteiger partial charge in [0.2, 0.25) is 29.5 Å². The third kappa shape index (κ3) is 13.5. The third-order valence-electron chi connectivity index (χ3n) is 5.16. The lowest BCUT2D eigenvalue weighted by atomic mass is 10.0. The van der Waals surface area contributed by atoms with E-state index < -0.39 is 97.6 Å². The molecule has 0 saturated carbocycles. The molecule has 0 aromatic carbocycles. The zero-order valence-corrected chi connectivity index (χ0v) is 21.6. The Labute approximate surface area is 219 Å². The maximum atomic E-state index is 13.1. The van der Waals surface area contributed by atoms with Gasteiger partial charge in [0.1, 0.15) is 24.2 Å². The Morgan fingerprint density at radius 1 is 0.658 bits per heavy atom. The number of rotatable bonds is 18. The van der Waals surface area contributed by atoms with Gasteiger partial charge in [-0.25, -0.2) is 0 Å². The van der Waals surface area contributed by atoms with Gasteiger partial charge in [-0.05, 0) is 32.1 Å². The molecule has 0 aliphatic rings. The van der Waals surface area contributed by atoms with E-state index in [-0.39, 0.29) is 18.8 Å². The second kappa shape index (κ2) is 16.9. The number of carboxylic acids is 2. The number of aliphatic carboxylic acids is 2. The SMILES string of the molecule is CC(C)C[C@H](NC(=O)[C@H](CO)NC(=O)[C@H](C)N)C(=O)N[C@@H](CCC(=O)O)C(=O)N[C@@H](CCC(=O)O)C(N)=O. The quantitative estimate of drug-likeness (QED) is 0.0813. The Morgan fingerprint density at radius 2 is 1.05 bits per heavy atom. The highest BCUT2D eigenvalue weighted by Crippen LogP contribution is 2.08. The first-order valence-electron chi connectivity index (χ1n) is 11.9. The lowest BCUT2D eigenvalue weighted by Gasteiger charge is -2.26. The van der Waals surface area contributed by atoms with Crippen molar-refractivity contribution in [1.29, 1.82) is 0 Å². The Morgan fingerprint density at radius 3 is 1.47 bits per heavy atom. The predicted molar refractivity (Wildman–Crippen MR) is 131 cm³/mol. The summed E-state index contributed by atoms with van der Waals surface area (Å²) in [5, 5.41) is 36.5. The fourth-order valence-electron chi connectivity index (χ4n) is 3.11. The van der Waals surface area contributed by atoms with Gasteiger partial charge in [-0.3, -0.25) is 33.6 Å². The van der Waals surface area contributed by atoms with Crippen LogP contribution in [0.25, 0.3) is 0 Å². The minimum atomic E-state index is -1.48. The second-order valence-electron chi connectivity index (χ2n) is 9.11. The first-order valence-corrected chi connectivity index (χ1v) is 11.9. The standard InChI is InChI=1S/C22H38N6O10/c1-10(2)8-14(27-22(38)15(9-29)28-19(35)11(3)23)21(37)26-13(5-7-17(32)33)20(36)25-12(18(24)34)4-6-16(30)31/h10-15,29H,4-9,23H2,1-3H3,(H2,24,34)(H,25,36)(H,26,37)(H,27,38)(H,28,35)(H,30,31)(H,32,33)/t11-,12-,13-,14-,15-/m0/s1. The van der Waals surface area contributed by atoms with Crippen molar-refractivity contribution in [2.24, 2.45) is 17.4 Å². The normalized spacial score (nSPS) is 14.8. The number of carboxylic acid groups (broad SMARTS) is 2. The molecule has 16 heteroatoms. The molecule has 0 radical (unpaired) electrons. The number of nitrogens with one attached hydrogen (secondary N) is 4. The molecule has 0 unspecified atom stereocenters. The molecule has 216 valence electrons. The van der Waals surface area contributed by atoms with E-state index in [4.69, 9.17) is 21.7 Å². The Kier molecular flexibility index (Phi) is 15.2. The van der Waals surface area contributed by atoms with Gasteiger partial charge in [-0.1, -0.05) is 13.8 Å². The average Bonchev–Trinajstić information content (AvgIpc) is 2.80. The van der Waals surface area contributed by atoms with Gasteiger partial charge < -0.3 is 48.1 Å². The zero-order valence-electron chi connectivity index (χ0n) is 21.6. The van der Waals surface area contributed by atoms with E-state index in [1.165, 1.54) is 6.92 Å². The highest BCUT2D eigenvalue weighted by atomic mass is 16.4. The first kappa shape index (κ1) is 34.2. The molecule has 0 aromatic heterocycles. The number of amides is 5. The maximum absolute atomic E-state index is 13.1. The summed E-state index contributed by atoms with van der Waals surface area (Å²) in [6.45, 7) is 4.04. The van der Waals surface area contributed by atoms with Crippen molar-refractivity contribution in [3.05, 3.63) is 0 Å². The first-order chi connectivity index (χ1) is 17.6. The number of aliphatic hydroxyl groups excluding tert-OH is 1. The van der Waals surface area contributed by atoms with Crippen LogP contribution in [0.15, 0.2) is 0 Å². The van der Waals surface area contributed by atoms with E-state index in [1.54, 1.807) is 13.8 Å². The smallest absolute Gasteiger partial charge is 0.303 e. The third-order valence-corrected chi connectivity index (χ3v) is 5.16. The van der Waals surface area contributed by atoms with E-state index >= 15 is 0 Å². The topological polar surface area (TPSA) is 280 Å². The van der Waals surface area contributed by atoms with E-state index in [9.17, 15) is 38.7 Å². The summed E-state index contributed by atoms with van der Waals surface area (Å²) in [5.74, 6) is -7.20. The van der Waals surface area contributed by atoms with Gasteiger partial charge >= 0.3 is 11.9 Å². The largest absolute Gasteiger partial charge is 0.481 e. The Bertz CT molecular complexity index is 879. The van der Waals surface area contributed by atoms with Crippen LogP contribution in [0.4, 0.5) is 0 Å². The molecule has 0 aliphatic heterocycles. The molecule has 5 atom stereocenters. The van der Waals surface area contributed by atoms with Crippen molar-refractivity contribution in [2.75, 3.05) is 6.61 Å². The number of primary amides is 1. The van der Waals surface area contributed by atoms with Crippen LogP contribution in [0, 0.1) is 5.92 Å². The van der Waals surface area contributed by atoms with E-state index in [1.807, 2.05) is 0 Å². The van der Waals surface area contributed by atoms with Gasteiger partial charge in [0.25, 0.3) is 0 Å². The van der Waals surface area contributed by atoms with Crippen LogP contribution in [-0.4, -0.2) is 93.6 Å². The minimum absolute atomic E-state index is 0.0623. The minimum Gasteiger partial charge on any atom is -0.481 e. The molecule has 0 heterocycles. The van der Waals surface area contributed by atoms with Crippen LogP contribution in [0.3, 0.4) is 0 Å². The monoisotopic (exact) mass is 546 g/mol. The maximum Gasteiger partial charge on any atom is 0.303 e. The van der Waals surface area contributed by atoms with Crippen molar-refractivity contribution in [3.63, 3.8) is 0 Å². The van der Waals surface area contributed by atoms with Gasteiger partial charge in [-0.15, -0.1) is 0 Å². The van der Waals surface area contributed by atoms with Crippen LogP contribution in [-0.2, 0) is 33.6 Å². The summed E-state index contributed by atoms with van der Waals surface area (Å²) in [5.41, 5.74) is 10.7. The van der Waals surface area contributed by atoms with Crippen molar-refractivity contribution in [3.8, 4) is 0 Å². The van der Waals surface area contributed by atoms with Gasteiger partial charge in [-0.2, -0.15) is 0 Å². The fraction of sp³-hybridized carbons (Fsp3) is 0.682. The highest BCUT2D eigenvalue weighted by molar-refractivity contribution is 5.96. The number of carbonyl (C=O) groups excluding carboxylic acids is 5. The van der Waals surface area contributed by atoms with E-state index in [0.29, 0.717) is 0 Å². The summed E-state index contributed by atoms with van der Waals surface area (Å²) < 4.78 is 0. The van der Waals surface area contributed by atoms with Crippen LogP contribution < -0.4 is 32.7 Å². The molecule has 5 amide bonds. The lowest BCUT2D eigenvalue weighted by molar-refractivity contribution is -0.139. The average molecular weight is 547 g/mol. The number of hydrogen-bond acceptors (Lipinski definition) is 9.